The van der Waals surface area contributed by atoms with E-state index >= 15 is 0 Å². The van der Waals surface area contributed by atoms with E-state index in [-0.39, 0.29) is 5.91 Å². The van der Waals surface area contributed by atoms with E-state index in [2.05, 4.69) is 26.2 Å². The smallest absolute Gasteiger partial charge is 0.253 e. The van der Waals surface area contributed by atoms with Gasteiger partial charge in [-0.05, 0) is 22.0 Å². The van der Waals surface area contributed by atoms with Crippen LogP contribution in [0.3, 0.4) is 0 Å². The molecule has 3 N–H and O–H groups in total. The number of pyridine rings is 1. The van der Waals surface area contributed by atoms with Crippen LogP contribution in [0.5, 0.6) is 0 Å². The maximum absolute atomic E-state index is 11.5. The number of carbonyl (C=O) groups excluding carboxylic acids is 1. The summed E-state index contributed by atoms with van der Waals surface area (Å²) >= 11 is 3.25. The molecule has 4 nitrogen and oxygen atoms in total. The molecule has 1 rings (SSSR count). The molecular formula is C10H12BrN3O. The number of nitrogens with zero attached hydrogens (tertiary/aromatic N) is 1. The van der Waals surface area contributed by atoms with Gasteiger partial charge in [0.05, 0.1) is 5.56 Å². The lowest BCUT2D eigenvalue weighted by Gasteiger charge is -2.01. The lowest BCUT2D eigenvalue weighted by molar-refractivity contribution is 0.0957. The Labute approximate surface area is 96.7 Å². The Morgan fingerprint density at radius 1 is 1.53 bits per heavy atom. The van der Waals surface area contributed by atoms with Gasteiger partial charge in [-0.15, -0.1) is 0 Å². The SMILES string of the molecule is NC/C=C/CNC(=O)c1cncc(Br)c1. The van der Waals surface area contributed by atoms with Crippen LogP contribution in [0.1, 0.15) is 10.4 Å². The molecule has 1 amide bonds. The Hall–Kier alpha value is -1.20. The lowest BCUT2D eigenvalue weighted by atomic mass is 10.3. The van der Waals surface area contributed by atoms with Crippen LogP contribution in [-0.4, -0.2) is 24.0 Å². The number of nitrogens with two attached hydrogens (primary N) is 1. The van der Waals surface area contributed by atoms with Gasteiger partial charge < -0.3 is 11.1 Å². The Bertz CT molecular complexity index is 365. The van der Waals surface area contributed by atoms with Crippen molar-refractivity contribution in [3.63, 3.8) is 0 Å². The van der Waals surface area contributed by atoms with Crippen molar-refractivity contribution in [1.82, 2.24) is 10.3 Å². The fraction of sp³-hybridized carbons (Fsp3) is 0.200. The van der Waals surface area contributed by atoms with Crippen LogP contribution in [0.2, 0.25) is 0 Å². The number of aromatic nitrogens is 1. The van der Waals surface area contributed by atoms with E-state index in [1.807, 2.05) is 6.08 Å². The number of amides is 1. The van der Waals surface area contributed by atoms with Crippen molar-refractivity contribution in [2.24, 2.45) is 5.73 Å². The van der Waals surface area contributed by atoms with Gasteiger partial charge in [-0.25, -0.2) is 0 Å². The summed E-state index contributed by atoms with van der Waals surface area (Å²) in [5.41, 5.74) is 5.79. The zero-order valence-corrected chi connectivity index (χ0v) is 9.70. The summed E-state index contributed by atoms with van der Waals surface area (Å²) in [6, 6.07) is 1.72. The van der Waals surface area contributed by atoms with Crippen LogP contribution < -0.4 is 11.1 Å². The predicted molar refractivity (Wildman–Crippen MR) is 62.5 cm³/mol. The summed E-state index contributed by atoms with van der Waals surface area (Å²) in [6.45, 7) is 0.955. The first-order valence-corrected chi connectivity index (χ1v) is 5.27. The number of rotatable bonds is 4. The highest BCUT2D eigenvalue weighted by molar-refractivity contribution is 9.10. The molecule has 0 bridgehead atoms. The molecule has 1 heterocycles. The van der Waals surface area contributed by atoms with Gasteiger partial charge in [0.15, 0.2) is 0 Å². The number of hydrogen-bond acceptors (Lipinski definition) is 3. The van der Waals surface area contributed by atoms with Crippen LogP contribution >= 0.6 is 15.9 Å². The second kappa shape index (κ2) is 6.31. The van der Waals surface area contributed by atoms with Crippen molar-refractivity contribution in [2.45, 2.75) is 0 Å². The first kappa shape index (κ1) is 11.9. The third kappa shape index (κ3) is 4.22. The molecule has 0 spiro atoms. The molecule has 0 unspecified atom stereocenters. The Kier molecular flexibility index (Phi) is 5.00. The zero-order chi connectivity index (χ0) is 11.1. The zero-order valence-electron chi connectivity index (χ0n) is 8.11. The van der Waals surface area contributed by atoms with E-state index in [9.17, 15) is 4.79 Å². The molecule has 0 aliphatic carbocycles. The average molecular weight is 270 g/mol. The van der Waals surface area contributed by atoms with Crippen molar-refractivity contribution < 1.29 is 4.79 Å². The number of nitrogens with one attached hydrogen (secondary N) is 1. The first-order valence-electron chi connectivity index (χ1n) is 4.48. The van der Waals surface area contributed by atoms with E-state index < -0.39 is 0 Å². The highest BCUT2D eigenvalue weighted by Crippen LogP contribution is 2.08. The van der Waals surface area contributed by atoms with Gasteiger partial charge >= 0.3 is 0 Å². The van der Waals surface area contributed by atoms with Gasteiger partial charge in [0.25, 0.3) is 5.91 Å². The fourth-order valence-electron chi connectivity index (χ4n) is 0.969. The molecule has 80 valence electrons. The summed E-state index contributed by atoms with van der Waals surface area (Å²) in [4.78, 5) is 15.4. The quantitative estimate of drug-likeness (QED) is 0.805. The number of carbonyl (C=O) groups is 1. The maximum Gasteiger partial charge on any atom is 0.253 e. The molecule has 0 aliphatic rings. The largest absolute Gasteiger partial charge is 0.349 e. The highest BCUT2D eigenvalue weighted by atomic mass is 79.9. The van der Waals surface area contributed by atoms with Gasteiger partial charge in [-0.1, -0.05) is 12.2 Å². The van der Waals surface area contributed by atoms with Crippen molar-refractivity contribution in [1.29, 1.82) is 0 Å². The maximum atomic E-state index is 11.5. The summed E-state index contributed by atoms with van der Waals surface area (Å²) in [6.07, 6.45) is 6.75. The topological polar surface area (TPSA) is 68.0 Å². The highest BCUT2D eigenvalue weighted by Gasteiger charge is 2.03. The van der Waals surface area contributed by atoms with E-state index in [1.165, 1.54) is 6.20 Å². The molecule has 5 heteroatoms. The predicted octanol–water partition coefficient (Wildman–Crippen LogP) is 1.09. The normalized spacial score (nSPS) is 10.5. The fourth-order valence-corrected chi connectivity index (χ4v) is 1.33. The molecule has 15 heavy (non-hydrogen) atoms. The minimum absolute atomic E-state index is 0.148. The first-order chi connectivity index (χ1) is 7.24. The lowest BCUT2D eigenvalue weighted by Crippen LogP contribution is -2.23. The van der Waals surface area contributed by atoms with Crippen molar-refractivity contribution >= 4 is 21.8 Å². The molecule has 0 aromatic carbocycles. The third-order valence-corrected chi connectivity index (χ3v) is 2.08. The molecule has 0 fully saturated rings. The minimum atomic E-state index is -0.148. The van der Waals surface area contributed by atoms with Gasteiger partial charge in [0, 0.05) is 30.0 Å². The van der Waals surface area contributed by atoms with Gasteiger partial charge in [-0.2, -0.15) is 0 Å². The number of hydrogen-bond donors (Lipinski definition) is 2. The van der Waals surface area contributed by atoms with Gasteiger partial charge in [-0.3, -0.25) is 9.78 Å². The Morgan fingerprint density at radius 3 is 3.00 bits per heavy atom. The summed E-state index contributed by atoms with van der Waals surface area (Å²) in [5.74, 6) is -0.148. The van der Waals surface area contributed by atoms with Crippen molar-refractivity contribution in [3.8, 4) is 0 Å². The summed E-state index contributed by atoms with van der Waals surface area (Å²) in [5, 5.41) is 2.72. The van der Waals surface area contributed by atoms with Crippen LogP contribution in [0.4, 0.5) is 0 Å². The molecule has 1 aromatic rings. The van der Waals surface area contributed by atoms with Gasteiger partial charge in [0.1, 0.15) is 0 Å². The second-order valence-corrected chi connectivity index (χ2v) is 3.72. The summed E-state index contributed by atoms with van der Waals surface area (Å²) < 4.78 is 0.785. The Balaban J connectivity index is 2.50. The monoisotopic (exact) mass is 269 g/mol. The van der Waals surface area contributed by atoms with E-state index in [1.54, 1.807) is 18.3 Å². The van der Waals surface area contributed by atoms with Crippen LogP contribution in [-0.2, 0) is 0 Å². The molecule has 0 saturated carbocycles. The van der Waals surface area contributed by atoms with E-state index in [0.29, 0.717) is 18.7 Å². The number of halogens is 1. The van der Waals surface area contributed by atoms with Crippen molar-refractivity contribution in [3.05, 3.63) is 40.6 Å². The van der Waals surface area contributed by atoms with Crippen LogP contribution in [0.15, 0.2) is 35.1 Å². The molecule has 0 saturated heterocycles. The van der Waals surface area contributed by atoms with Crippen molar-refractivity contribution in [2.75, 3.05) is 13.1 Å². The standard InChI is InChI=1S/C10H12BrN3O/c11-9-5-8(6-13-7-9)10(15)14-4-2-1-3-12/h1-2,5-7H,3-4,12H2,(H,14,15)/b2-1+. The minimum Gasteiger partial charge on any atom is -0.349 e. The molecule has 1 aromatic heterocycles. The van der Waals surface area contributed by atoms with E-state index in [4.69, 9.17) is 5.73 Å². The van der Waals surface area contributed by atoms with Gasteiger partial charge in [0.2, 0.25) is 0 Å². The molecular weight excluding hydrogens is 258 g/mol. The molecule has 0 atom stereocenters. The average Bonchev–Trinajstić information content (AvgIpc) is 2.24. The van der Waals surface area contributed by atoms with Crippen LogP contribution in [0, 0.1) is 0 Å². The second-order valence-electron chi connectivity index (χ2n) is 2.81. The Morgan fingerprint density at radius 2 is 2.33 bits per heavy atom. The van der Waals surface area contributed by atoms with E-state index in [0.717, 1.165) is 4.47 Å². The van der Waals surface area contributed by atoms with Crippen LogP contribution in [0.25, 0.3) is 0 Å². The summed E-state index contributed by atoms with van der Waals surface area (Å²) in [7, 11) is 0. The molecule has 0 radical (unpaired) electrons. The third-order valence-electron chi connectivity index (χ3n) is 1.65. The molecule has 0 aliphatic heterocycles.